The smallest absolute Gasteiger partial charge is 0.320 e. The highest BCUT2D eigenvalue weighted by molar-refractivity contribution is 5.77. The number of fused-ring (bicyclic) bond motifs is 2. The van der Waals surface area contributed by atoms with Gasteiger partial charge in [-0.15, -0.1) is 0 Å². The van der Waals surface area contributed by atoms with Crippen LogP contribution in [-0.2, 0) is 0 Å². The van der Waals surface area contributed by atoms with Gasteiger partial charge in [-0.3, -0.25) is 0 Å². The van der Waals surface area contributed by atoms with Gasteiger partial charge in [0.15, 0.2) is 5.82 Å². The van der Waals surface area contributed by atoms with Crippen LogP contribution in [0.25, 0.3) is 0 Å². The quantitative estimate of drug-likeness (QED) is 0.883. The highest BCUT2D eigenvalue weighted by atomic mass is 16.5. The van der Waals surface area contributed by atoms with Crippen molar-refractivity contribution in [3.05, 3.63) is 11.7 Å². The summed E-state index contributed by atoms with van der Waals surface area (Å²) in [6.45, 7) is 2.80. The number of carbonyl (C=O) groups excluding carboxylic acids is 1. The molecule has 0 unspecified atom stereocenters. The van der Waals surface area contributed by atoms with Gasteiger partial charge in [0.05, 0.1) is 6.04 Å². The van der Waals surface area contributed by atoms with E-state index in [4.69, 9.17) is 4.52 Å². The van der Waals surface area contributed by atoms with Crippen LogP contribution in [0.2, 0.25) is 0 Å². The van der Waals surface area contributed by atoms with Gasteiger partial charge in [-0.25, -0.2) is 4.79 Å². The van der Waals surface area contributed by atoms with Crippen molar-refractivity contribution < 1.29 is 9.32 Å². The van der Waals surface area contributed by atoms with E-state index in [1.807, 2.05) is 16.8 Å². The second-order valence-corrected chi connectivity index (χ2v) is 6.31. The van der Waals surface area contributed by atoms with E-state index in [-0.39, 0.29) is 12.1 Å². The fourth-order valence-corrected chi connectivity index (χ4v) is 3.72. The van der Waals surface area contributed by atoms with Crippen molar-refractivity contribution in [1.82, 2.24) is 25.3 Å². The molecule has 3 fully saturated rings. The first-order valence-electron chi connectivity index (χ1n) is 7.81. The van der Waals surface area contributed by atoms with Crippen LogP contribution < -0.4 is 5.32 Å². The molecule has 1 N–H and O–H groups in total. The number of aromatic nitrogens is 2. The lowest BCUT2D eigenvalue weighted by atomic mass is 9.97. The maximum absolute atomic E-state index is 12.2. The zero-order valence-corrected chi connectivity index (χ0v) is 12.3. The van der Waals surface area contributed by atoms with Gasteiger partial charge < -0.3 is 19.6 Å². The molecule has 2 atom stereocenters. The summed E-state index contributed by atoms with van der Waals surface area (Å²) in [5.41, 5.74) is 0. The average molecular weight is 291 g/mol. The Bertz CT molecular complexity index is 539. The highest BCUT2D eigenvalue weighted by Gasteiger charge is 2.45. The van der Waals surface area contributed by atoms with Crippen molar-refractivity contribution >= 4 is 6.03 Å². The lowest BCUT2D eigenvalue weighted by molar-refractivity contribution is 0.161. The lowest BCUT2D eigenvalue weighted by Gasteiger charge is -2.27. The van der Waals surface area contributed by atoms with E-state index in [0.29, 0.717) is 17.9 Å². The van der Waals surface area contributed by atoms with Crippen LogP contribution in [0.15, 0.2) is 4.52 Å². The van der Waals surface area contributed by atoms with Gasteiger partial charge in [-0.1, -0.05) is 5.16 Å². The van der Waals surface area contributed by atoms with E-state index >= 15 is 0 Å². The first kappa shape index (κ1) is 13.1. The van der Waals surface area contributed by atoms with Crippen molar-refractivity contribution in [2.75, 3.05) is 26.7 Å². The predicted octanol–water partition coefficient (Wildman–Crippen LogP) is 1.11. The van der Waals surface area contributed by atoms with Gasteiger partial charge in [-0.05, 0) is 38.8 Å². The summed E-state index contributed by atoms with van der Waals surface area (Å²) in [4.78, 5) is 20.6. The predicted molar refractivity (Wildman–Crippen MR) is 74.8 cm³/mol. The Morgan fingerprint density at radius 3 is 2.86 bits per heavy atom. The van der Waals surface area contributed by atoms with Crippen LogP contribution >= 0.6 is 0 Å². The molecule has 4 rings (SSSR count). The fraction of sp³-hybridized carbons (Fsp3) is 0.786. The number of hydrogen-bond acceptors (Lipinski definition) is 5. The Hall–Kier alpha value is -1.63. The molecule has 21 heavy (non-hydrogen) atoms. The number of rotatable bonds is 2. The summed E-state index contributed by atoms with van der Waals surface area (Å²) in [6, 6.07) is 0.395. The number of carbonyl (C=O) groups is 1. The molecular formula is C14H21N5O2. The van der Waals surface area contributed by atoms with Crippen molar-refractivity contribution in [2.45, 2.75) is 43.7 Å². The van der Waals surface area contributed by atoms with Crippen LogP contribution in [0, 0.1) is 0 Å². The maximum Gasteiger partial charge on any atom is 0.320 e. The molecule has 2 bridgehead atoms. The minimum atomic E-state index is -0.0401. The number of nitrogens with zero attached hydrogens (tertiary/aromatic N) is 4. The van der Waals surface area contributed by atoms with Gasteiger partial charge in [-0.2, -0.15) is 4.98 Å². The summed E-state index contributed by atoms with van der Waals surface area (Å²) in [6.07, 6.45) is 4.03. The molecule has 3 aliphatic heterocycles. The molecule has 0 radical (unpaired) electrons. The molecule has 0 spiro atoms. The molecule has 1 aromatic rings. The number of urea groups is 1. The summed E-state index contributed by atoms with van der Waals surface area (Å²) in [5.74, 6) is 1.82. The third-order valence-corrected chi connectivity index (χ3v) is 5.10. The first-order chi connectivity index (χ1) is 10.2. The molecular weight excluding hydrogens is 270 g/mol. The summed E-state index contributed by atoms with van der Waals surface area (Å²) < 4.78 is 5.50. The number of nitrogens with one attached hydrogen (secondary N) is 1. The number of piperidine rings is 2. The molecule has 0 aliphatic carbocycles. The average Bonchev–Trinajstić information content (AvgIpc) is 3.10. The molecule has 0 saturated carbocycles. The summed E-state index contributed by atoms with van der Waals surface area (Å²) in [7, 11) is 1.88. The Balaban J connectivity index is 1.54. The Kier molecular flexibility index (Phi) is 3.10. The SMILES string of the molecule is CN1C(=O)N2C[C@H]1CC[C@H]2c1nc(C2CCNCC2)no1. The van der Waals surface area contributed by atoms with Gasteiger partial charge in [0.1, 0.15) is 6.04 Å². The van der Waals surface area contributed by atoms with E-state index in [0.717, 1.165) is 51.1 Å². The monoisotopic (exact) mass is 291 g/mol. The lowest BCUT2D eigenvalue weighted by Crippen LogP contribution is -2.34. The second-order valence-electron chi connectivity index (χ2n) is 6.31. The minimum Gasteiger partial charge on any atom is -0.337 e. The summed E-state index contributed by atoms with van der Waals surface area (Å²) >= 11 is 0. The largest absolute Gasteiger partial charge is 0.337 e. The normalized spacial score (nSPS) is 30.2. The number of hydrogen-bond donors (Lipinski definition) is 1. The van der Waals surface area contributed by atoms with E-state index in [1.54, 1.807) is 0 Å². The third kappa shape index (κ3) is 2.10. The molecule has 3 aliphatic rings. The Labute approximate surface area is 123 Å². The van der Waals surface area contributed by atoms with Crippen molar-refractivity contribution in [2.24, 2.45) is 0 Å². The molecule has 7 heteroatoms. The van der Waals surface area contributed by atoms with Gasteiger partial charge in [0.25, 0.3) is 0 Å². The van der Waals surface area contributed by atoms with Crippen LogP contribution in [0.5, 0.6) is 0 Å². The van der Waals surface area contributed by atoms with Gasteiger partial charge >= 0.3 is 6.03 Å². The van der Waals surface area contributed by atoms with Crippen molar-refractivity contribution in [3.63, 3.8) is 0 Å². The third-order valence-electron chi connectivity index (χ3n) is 5.10. The number of likely N-dealkylation sites (N-methyl/N-ethyl adjacent to an activating group) is 1. The van der Waals surface area contributed by atoms with Crippen molar-refractivity contribution in [1.29, 1.82) is 0 Å². The molecule has 114 valence electrons. The fourth-order valence-electron chi connectivity index (χ4n) is 3.72. The first-order valence-corrected chi connectivity index (χ1v) is 7.81. The highest BCUT2D eigenvalue weighted by Crippen LogP contribution is 2.37. The van der Waals surface area contributed by atoms with Crippen molar-refractivity contribution in [3.8, 4) is 0 Å². The van der Waals surface area contributed by atoms with Crippen LogP contribution in [0.1, 0.15) is 49.4 Å². The van der Waals surface area contributed by atoms with Crippen LogP contribution in [0.3, 0.4) is 0 Å². The Morgan fingerprint density at radius 1 is 1.24 bits per heavy atom. The zero-order valence-electron chi connectivity index (χ0n) is 12.3. The van der Waals surface area contributed by atoms with E-state index in [2.05, 4.69) is 15.5 Å². The molecule has 4 heterocycles. The van der Waals surface area contributed by atoms with Crippen LogP contribution in [0.4, 0.5) is 4.79 Å². The molecule has 3 saturated heterocycles. The van der Waals surface area contributed by atoms with E-state index in [9.17, 15) is 4.79 Å². The Morgan fingerprint density at radius 2 is 2.05 bits per heavy atom. The molecule has 7 nitrogen and oxygen atoms in total. The zero-order chi connectivity index (χ0) is 14.4. The minimum absolute atomic E-state index is 0.0401. The van der Waals surface area contributed by atoms with E-state index < -0.39 is 0 Å². The maximum atomic E-state index is 12.2. The molecule has 0 aromatic carbocycles. The van der Waals surface area contributed by atoms with Crippen LogP contribution in [-0.4, -0.2) is 58.7 Å². The summed E-state index contributed by atoms with van der Waals surface area (Å²) in [5, 5.41) is 7.52. The topological polar surface area (TPSA) is 74.5 Å². The molecule has 1 aromatic heterocycles. The van der Waals surface area contributed by atoms with Gasteiger partial charge in [0, 0.05) is 19.5 Å². The molecule has 2 amide bonds. The van der Waals surface area contributed by atoms with Gasteiger partial charge in [0.2, 0.25) is 5.89 Å². The number of amides is 2. The standard InChI is InChI=1S/C14H21N5O2/c1-18-10-2-3-11(19(8-10)14(18)20)13-16-12(17-21-13)9-4-6-15-7-5-9/h9-11,15H,2-8H2,1H3/t10-,11+/m1/s1. The van der Waals surface area contributed by atoms with E-state index in [1.165, 1.54) is 0 Å². The second kappa shape index (κ2) is 4.98.